The predicted octanol–water partition coefficient (Wildman–Crippen LogP) is 1.79. The summed E-state index contributed by atoms with van der Waals surface area (Å²) in [7, 11) is 0. The normalized spacial score (nSPS) is 30.8. The molecular formula is C18H28ClN5O2. The van der Waals surface area contributed by atoms with Crippen molar-refractivity contribution in [2.45, 2.75) is 57.7 Å². The first-order valence-corrected chi connectivity index (χ1v) is 9.89. The average molecular weight is 382 g/mol. The van der Waals surface area contributed by atoms with Crippen molar-refractivity contribution in [2.24, 2.45) is 11.8 Å². The van der Waals surface area contributed by atoms with Crippen LogP contribution in [0.5, 0.6) is 0 Å². The summed E-state index contributed by atoms with van der Waals surface area (Å²) >= 11 is 6.44. The van der Waals surface area contributed by atoms with Gasteiger partial charge in [0.25, 0.3) is 0 Å². The van der Waals surface area contributed by atoms with E-state index in [1.165, 1.54) is 0 Å². The van der Waals surface area contributed by atoms with Crippen LogP contribution in [0.15, 0.2) is 0 Å². The monoisotopic (exact) mass is 381 g/mol. The molecule has 3 rings (SSSR count). The highest BCUT2D eigenvalue weighted by Crippen LogP contribution is 2.40. The van der Waals surface area contributed by atoms with Gasteiger partial charge in [0, 0.05) is 31.7 Å². The number of hydrogen-bond acceptors (Lipinski definition) is 4. The Labute approximate surface area is 160 Å². The van der Waals surface area contributed by atoms with Crippen LogP contribution in [0.25, 0.3) is 0 Å². The van der Waals surface area contributed by atoms with Crippen LogP contribution in [-0.4, -0.2) is 70.5 Å². The molecule has 2 saturated heterocycles. The van der Waals surface area contributed by atoms with E-state index in [9.17, 15) is 9.59 Å². The van der Waals surface area contributed by atoms with E-state index in [0.717, 1.165) is 38.8 Å². The van der Waals surface area contributed by atoms with Crippen molar-refractivity contribution >= 4 is 23.7 Å². The molecule has 3 aliphatic rings. The van der Waals surface area contributed by atoms with Crippen molar-refractivity contribution in [3.63, 3.8) is 0 Å². The molecule has 1 unspecified atom stereocenters. The minimum absolute atomic E-state index is 0.0143. The summed E-state index contributed by atoms with van der Waals surface area (Å²) in [6.07, 6.45) is 3.46. The summed E-state index contributed by atoms with van der Waals surface area (Å²) in [5, 5.41) is 12.1. The summed E-state index contributed by atoms with van der Waals surface area (Å²) in [6, 6.07) is 2.21. The summed E-state index contributed by atoms with van der Waals surface area (Å²) < 4.78 is 1.63. The molecule has 8 heteroatoms. The molecule has 0 radical (unpaired) electrons. The highest BCUT2D eigenvalue weighted by Gasteiger charge is 2.44. The Morgan fingerprint density at radius 1 is 1.31 bits per heavy atom. The van der Waals surface area contributed by atoms with Crippen molar-refractivity contribution in [1.29, 1.82) is 5.26 Å². The van der Waals surface area contributed by atoms with Gasteiger partial charge in [0.05, 0.1) is 12.6 Å². The predicted molar refractivity (Wildman–Crippen MR) is 98.1 cm³/mol. The number of nitrogens with zero attached hydrogens (tertiary/aromatic N) is 4. The van der Waals surface area contributed by atoms with Crippen molar-refractivity contribution in [3.8, 4) is 6.07 Å². The fourth-order valence-corrected chi connectivity index (χ4v) is 4.81. The van der Waals surface area contributed by atoms with Crippen LogP contribution in [-0.2, 0) is 4.79 Å². The van der Waals surface area contributed by atoms with Crippen LogP contribution < -0.4 is 5.32 Å². The Balaban J connectivity index is 1.48. The van der Waals surface area contributed by atoms with E-state index in [2.05, 4.69) is 11.4 Å². The molecule has 0 aromatic carbocycles. The number of nitrogens with one attached hydrogen (secondary N) is 1. The smallest absolute Gasteiger partial charge is 0.317 e. The summed E-state index contributed by atoms with van der Waals surface area (Å²) in [4.78, 5) is 28.2. The molecule has 1 aliphatic carbocycles. The average Bonchev–Trinajstić information content (AvgIpc) is 3.27. The third-order valence-electron chi connectivity index (χ3n) is 5.83. The SMILES string of the molecule is CC(C)NC(=O)N1C[C@H]2C[C@@H](N(Cl)CC(=O)N3CCCC3C#N)C[C@H]2C1. The lowest BCUT2D eigenvalue weighted by molar-refractivity contribution is -0.131. The molecule has 0 aromatic rings. The highest BCUT2D eigenvalue weighted by atomic mass is 35.5. The molecule has 26 heavy (non-hydrogen) atoms. The van der Waals surface area contributed by atoms with Crippen LogP contribution in [0.2, 0.25) is 0 Å². The van der Waals surface area contributed by atoms with Crippen LogP contribution >= 0.6 is 11.8 Å². The maximum absolute atomic E-state index is 12.5. The van der Waals surface area contributed by atoms with Gasteiger partial charge in [-0.3, -0.25) is 4.79 Å². The second-order valence-electron chi connectivity index (χ2n) is 8.09. The molecule has 0 aromatic heterocycles. The molecule has 1 saturated carbocycles. The van der Waals surface area contributed by atoms with Gasteiger partial charge in [-0.25, -0.2) is 9.21 Å². The maximum Gasteiger partial charge on any atom is 0.317 e. The standard InChI is InChI=1S/C18H28ClN5O2/c1-12(2)21-18(26)22-9-13-6-16(7-14(13)10-22)24(19)11-17(25)23-5-3-4-15(23)8-20/h12-16H,3-7,9-11H2,1-2H3,(H,21,26)/t13-,14+,15?,16-. The Morgan fingerprint density at radius 3 is 2.54 bits per heavy atom. The number of carbonyl (C=O) groups is 2. The van der Waals surface area contributed by atoms with Gasteiger partial charge >= 0.3 is 6.03 Å². The van der Waals surface area contributed by atoms with Crippen LogP contribution in [0.1, 0.15) is 39.5 Å². The van der Waals surface area contributed by atoms with E-state index in [-0.39, 0.29) is 36.6 Å². The first-order valence-electron chi connectivity index (χ1n) is 9.56. The second kappa shape index (κ2) is 8.01. The van der Waals surface area contributed by atoms with Gasteiger partial charge in [0.1, 0.15) is 6.04 Å². The largest absolute Gasteiger partial charge is 0.336 e. The minimum Gasteiger partial charge on any atom is -0.336 e. The molecule has 2 aliphatic heterocycles. The van der Waals surface area contributed by atoms with Crippen molar-refractivity contribution in [2.75, 3.05) is 26.2 Å². The lowest BCUT2D eigenvalue weighted by Crippen LogP contribution is -2.43. The number of amides is 3. The molecule has 0 bridgehead atoms. The molecular weight excluding hydrogens is 354 g/mol. The van der Waals surface area contributed by atoms with E-state index < -0.39 is 0 Å². The zero-order chi connectivity index (χ0) is 18.8. The van der Waals surface area contributed by atoms with E-state index in [4.69, 9.17) is 17.0 Å². The Kier molecular flexibility index (Phi) is 5.93. The second-order valence-corrected chi connectivity index (χ2v) is 8.52. The van der Waals surface area contributed by atoms with Gasteiger partial charge in [-0.05, 0) is 63.1 Å². The number of carbonyl (C=O) groups excluding carboxylic acids is 2. The van der Waals surface area contributed by atoms with E-state index in [0.29, 0.717) is 18.4 Å². The summed E-state index contributed by atoms with van der Waals surface area (Å²) in [6.45, 7) is 6.26. The van der Waals surface area contributed by atoms with Crippen molar-refractivity contribution in [3.05, 3.63) is 0 Å². The summed E-state index contributed by atoms with van der Waals surface area (Å²) in [5.74, 6) is 0.847. The molecule has 7 nitrogen and oxygen atoms in total. The zero-order valence-electron chi connectivity index (χ0n) is 15.5. The van der Waals surface area contributed by atoms with Crippen LogP contribution in [0.4, 0.5) is 4.79 Å². The van der Waals surface area contributed by atoms with Gasteiger partial charge in [0.2, 0.25) is 5.91 Å². The number of urea groups is 1. The van der Waals surface area contributed by atoms with E-state index in [1.54, 1.807) is 9.32 Å². The van der Waals surface area contributed by atoms with Crippen molar-refractivity contribution < 1.29 is 9.59 Å². The molecule has 1 N–H and O–H groups in total. The van der Waals surface area contributed by atoms with E-state index in [1.807, 2.05) is 18.7 Å². The zero-order valence-corrected chi connectivity index (χ0v) is 16.3. The number of halogens is 1. The number of nitriles is 1. The third-order valence-corrected chi connectivity index (χ3v) is 6.23. The fraction of sp³-hybridized carbons (Fsp3) is 0.833. The van der Waals surface area contributed by atoms with Gasteiger partial charge in [-0.1, -0.05) is 0 Å². The maximum atomic E-state index is 12.5. The van der Waals surface area contributed by atoms with Gasteiger partial charge in [-0.2, -0.15) is 5.26 Å². The van der Waals surface area contributed by atoms with Crippen LogP contribution in [0, 0.1) is 23.2 Å². The number of hydrogen-bond donors (Lipinski definition) is 1. The Bertz CT molecular complexity index is 579. The van der Waals surface area contributed by atoms with Gasteiger partial charge < -0.3 is 15.1 Å². The fourth-order valence-electron chi connectivity index (χ4n) is 4.55. The number of fused-ring (bicyclic) bond motifs is 1. The minimum atomic E-state index is -0.302. The topological polar surface area (TPSA) is 79.7 Å². The molecule has 4 atom stereocenters. The number of likely N-dealkylation sites (tertiary alicyclic amines) is 2. The van der Waals surface area contributed by atoms with Crippen LogP contribution in [0.3, 0.4) is 0 Å². The first kappa shape index (κ1) is 19.2. The quantitative estimate of drug-likeness (QED) is 0.753. The van der Waals surface area contributed by atoms with Gasteiger partial charge in [0.15, 0.2) is 0 Å². The molecule has 3 amide bonds. The lowest BCUT2D eigenvalue weighted by atomic mass is 10.0. The lowest BCUT2D eigenvalue weighted by Gasteiger charge is -2.27. The molecule has 0 spiro atoms. The first-order chi connectivity index (χ1) is 12.4. The number of rotatable bonds is 4. The summed E-state index contributed by atoms with van der Waals surface area (Å²) in [5.41, 5.74) is 0. The third kappa shape index (κ3) is 4.07. The molecule has 3 fully saturated rings. The van der Waals surface area contributed by atoms with Gasteiger partial charge in [-0.15, -0.1) is 0 Å². The Morgan fingerprint density at radius 2 is 1.96 bits per heavy atom. The van der Waals surface area contributed by atoms with E-state index >= 15 is 0 Å². The highest BCUT2D eigenvalue weighted by molar-refractivity contribution is 6.14. The molecule has 2 heterocycles. The van der Waals surface area contributed by atoms with Crippen molar-refractivity contribution in [1.82, 2.24) is 19.5 Å². The molecule has 144 valence electrons. The Hall–Kier alpha value is -1.52.